The van der Waals surface area contributed by atoms with Crippen LogP contribution in [0, 0.1) is 13.8 Å². The highest BCUT2D eigenvalue weighted by Crippen LogP contribution is 2.03. The minimum atomic E-state index is 0.979. The van der Waals surface area contributed by atoms with Crippen LogP contribution in [0.2, 0.25) is 0 Å². The van der Waals surface area contributed by atoms with Crippen LogP contribution >= 0.6 is 0 Å². The maximum absolute atomic E-state index is 4.28. The third kappa shape index (κ3) is 6.62. The SMILES string of the molecule is CC.CC.Cc1cnn(CCN(C)C)c1C. The van der Waals surface area contributed by atoms with E-state index in [0.29, 0.717) is 0 Å². The molecule has 0 aliphatic carbocycles. The van der Waals surface area contributed by atoms with Crippen molar-refractivity contribution >= 4 is 0 Å². The van der Waals surface area contributed by atoms with Gasteiger partial charge in [-0.1, -0.05) is 27.7 Å². The van der Waals surface area contributed by atoms with Gasteiger partial charge in [0, 0.05) is 12.2 Å². The van der Waals surface area contributed by atoms with E-state index in [1.165, 1.54) is 11.3 Å². The van der Waals surface area contributed by atoms with Gasteiger partial charge in [-0.15, -0.1) is 0 Å². The molecule has 0 fully saturated rings. The third-order valence-electron chi connectivity index (χ3n) is 2.11. The van der Waals surface area contributed by atoms with Gasteiger partial charge in [0.15, 0.2) is 0 Å². The summed E-state index contributed by atoms with van der Waals surface area (Å²) in [6.45, 7) is 14.2. The average molecular weight is 227 g/mol. The molecule has 0 aromatic carbocycles. The summed E-state index contributed by atoms with van der Waals surface area (Å²) in [5, 5.41) is 4.28. The largest absolute Gasteiger partial charge is 0.308 e. The van der Waals surface area contributed by atoms with Crippen LogP contribution in [0.15, 0.2) is 6.20 Å². The van der Waals surface area contributed by atoms with Crippen LogP contribution in [0.25, 0.3) is 0 Å². The van der Waals surface area contributed by atoms with Crippen molar-refractivity contribution < 1.29 is 0 Å². The number of rotatable bonds is 3. The normalized spacial score (nSPS) is 9.06. The van der Waals surface area contributed by atoms with E-state index < -0.39 is 0 Å². The van der Waals surface area contributed by atoms with Gasteiger partial charge in [0.2, 0.25) is 0 Å². The molecule has 0 bridgehead atoms. The second-order valence-electron chi connectivity index (χ2n) is 3.44. The van der Waals surface area contributed by atoms with Gasteiger partial charge in [-0.25, -0.2) is 0 Å². The van der Waals surface area contributed by atoms with Gasteiger partial charge in [0.1, 0.15) is 0 Å². The van der Waals surface area contributed by atoms with Gasteiger partial charge in [0.25, 0.3) is 0 Å². The molecular formula is C13H29N3. The number of hydrogen-bond donors (Lipinski definition) is 0. The lowest BCUT2D eigenvalue weighted by molar-refractivity contribution is 0.371. The molecular weight excluding hydrogens is 198 g/mol. The molecule has 0 saturated heterocycles. The van der Waals surface area contributed by atoms with Crippen LogP contribution in [0.5, 0.6) is 0 Å². The highest BCUT2D eigenvalue weighted by atomic mass is 15.3. The molecule has 0 atom stereocenters. The van der Waals surface area contributed by atoms with Gasteiger partial charge >= 0.3 is 0 Å². The predicted octanol–water partition coefficient (Wildman–Crippen LogP) is 3.11. The summed E-state index contributed by atoms with van der Waals surface area (Å²) in [7, 11) is 4.15. The standard InChI is InChI=1S/C9H17N3.2C2H6/c1-8-7-10-12(9(8)2)6-5-11(3)4;2*1-2/h7H,5-6H2,1-4H3;2*1-2H3. The molecule has 1 rings (SSSR count). The number of hydrogen-bond acceptors (Lipinski definition) is 2. The maximum Gasteiger partial charge on any atom is 0.0539 e. The van der Waals surface area contributed by atoms with E-state index in [1.54, 1.807) is 0 Å². The van der Waals surface area contributed by atoms with Crippen molar-refractivity contribution in [2.45, 2.75) is 48.1 Å². The van der Waals surface area contributed by atoms with E-state index in [-0.39, 0.29) is 0 Å². The third-order valence-corrected chi connectivity index (χ3v) is 2.11. The van der Waals surface area contributed by atoms with E-state index >= 15 is 0 Å². The molecule has 16 heavy (non-hydrogen) atoms. The summed E-state index contributed by atoms with van der Waals surface area (Å²) in [6, 6.07) is 0. The minimum absolute atomic E-state index is 0.979. The second-order valence-corrected chi connectivity index (χ2v) is 3.44. The van der Waals surface area contributed by atoms with E-state index in [2.05, 4.69) is 42.6 Å². The Labute approximate surface area is 101 Å². The maximum atomic E-state index is 4.28. The Hall–Kier alpha value is -0.830. The predicted molar refractivity (Wildman–Crippen MR) is 73.0 cm³/mol. The number of nitrogens with zero attached hydrogens (tertiary/aromatic N) is 3. The zero-order chi connectivity index (χ0) is 13.1. The molecule has 1 aromatic rings. The topological polar surface area (TPSA) is 21.1 Å². The van der Waals surface area contributed by atoms with E-state index in [0.717, 1.165) is 13.1 Å². The Balaban J connectivity index is 0. The van der Waals surface area contributed by atoms with Crippen LogP contribution in [0.1, 0.15) is 39.0 Å². The summed E-state index contributed by atoms with van der Waals surface area (Å²) in [4.78, 5) is 2.16. The zero-order valence-electron chi connectivity index (χ0n) is 12.3. The quantitative estimate of drug-likeness (QED) is 0.791. The molecule has 3 heteroatoms. The number of aryl methyl sites for hydroxylation is 1. The fraction of sp³-hybridized carbons (Fsp3) is 0.769. The van der Waals surface area contributed by atoms with Crippen LogP contribution in [-0.4, -0.2) is 35.3 Å². The first-order chi connectivity index (χ1) is 7.61. The second kappa shape index (κ2) is 10.7. The van der Waals surface area contributed by atoms with Crippen LogP contribution in [0.3, 0.4) is 0 Å². The van der Waals surface area contributed by atoms with Crippen LogP contribution in [0.4, 0.5) is 0 Å². The van der Waals surface area contributed by atoms with Crippen LogP contribution in [-0.2, 0) is 6.54 Å². The molecule has 0 radical (unpaired) electrons. The lowest BCUT2D eigenvalue weighted by atomic mass is 10.3. The van der Waals surface area contributed by atoms with Crippen molar-refractivity contribution in [2.24, 2.45) is 0 Å². The lowest BCUT2D eigenvalue weighted by Crippen LogP contribution is -2.19. The Morgan fingerprint density at radius 2 is 1.62 bits per heavy atom. The first-order valence-corrected chi connectivity index (χ1v) is 6.25. The number of likely N-dealkylation sites (N-methyl/N-ethyl adjacent to an activating group) is 1. The molecule has 1 aromatic heterocycles. The van der Waals surface area contributed by atoms with Gasteiger partial charge in [0.05, 0.1) is 12.7 Å². The fourth-order valence-corrected chi connectivity index (χ4v) is 1.06. The summed E-state index contributed by atoms with van der Waals surface area (Å²) in [5.41, 5.74) is 2.55. The summed E-state index contributed by atoms with van der Waals surface area (Å²) < 4.78 is 2.05. The highest BCUT2D eigenvalue weighted by molar-refractivity contribution is 5.12. The molecule has 0 unspecified atom stereocenters. The van der Waals surface area contributed by atoms with Crippen molar-refractivity contribution in [3.63, 3.8) is 0 Å². The average Bonchev–Trinajstić information content (AvgIpc) is 2.63. The van der Waals surface area contributed by atoms with E-state index in [4.69, 9.17) is 0 Å². The summed E-state index contributed by atoms with van der Waals surface area (Å²) in [5.74, 6) is 0. The van der Waals surface area contributed by atoms with E-state index in [1.807, 2.05) is 33.9 Å². The van der Waals surface area contributed by atoms with Crippen molar-refractivity contribution in [3.8, 4) is 0 Å². The Morgan fingerprint density at radius 3 is 1.94 bits per heavy atom. The first kappa shape index (κ1) is 17.6. The molecule has 0 spiro atoms. The smallest absolute Gasteiger partial charge is 0.0539 e. The van der Waals surface area contributed by atoms with Crippen molar-refractivity contribution in [3.05, 3.63) is 17.5 Å². The monoisotopic (exact) mass is 227 g/mol. The van der Waals surface area contributed by atoms with Gasteiger partial charge < -0.3 is 4.90 Å². The first-order valence-electron chi connectivity index (χ1n) is 6.25. The number of aromatic nitrogens is 2. The minimum Gasteiger partial charge on any atom is -0.308 e. The Bertz CT molecular complexity index is 252. The van der Waals surface area contributed by atoms with Gasteiger partial charge in [-0.2, -0.15) is 5.10 Å². The molecule has 1 heterocycles. The van der Waals surface area contributed by atoms with Crippen molar-refractivity contribution in [2.75, 3.05) is 20.6 Å². The van der Waals surface area contributed by atoms with Gasteiger partial charge in [-0.3, -0.25) is 4.68 Å². The van der Waals surface area contributed by atoms with Crippen molar-refractivity contribution in [1.82, 2.24) is 14.7 Å². The summed E-state index contributed by atoms with van der Waals surface area (Å²) in [6.07, 6.45) is 1.92. The van der Waals surface area contributed by atoms with Gasteiger partial charge in [-0.05, 0) is 33.5 Å². The summed E-state index contributed by atoms with van der Waals surface area (Å²) >= 11 is 0. The van der Waals surface area contributed by atoms with Crippen LogP contribution < -0.4 is 0 Å². The van der Waals surface area contributed by atoms with Crippen molar-refractivity contribution in [1.29, 1.82) is 0 Å². The Morgan fingerprint density at radius 1 is 1.12 bits per heavy atom. The highest BCUT2D eigenvalue weighted by Gasteiger charge is 2.01. The Kier molecular flexibility index (Phi) is 11.7. The molecule has 0 saturated carbocycles. The molecule has 0 amide bonds. The van der Waals surface area contributed by atoms with E-state index in [9.17, 15) is 0 Å². The molecule has 0 aliphatic heterocycles. The molecule has 3 nitrogen and oxygen atoms in total. The zero-order valence-corrected chi connectivity index (χ0v) is 12.3. The molecule has 0 aliphatic rings. The lowest BCUT2D eigenvalue weighted by Gasteiger charge is -2.10. The molecule has 96 valence electrons. The fourth-order valence-electron chi connectivity index (χ4n) is 1.06. The molecule has 0 N–H and O–H groups in total.